The summed E-state index contributed by atoms with van der Waals surface area (Å²) in [6.07, 6.45) is 1.90. The average molecular weight is 291 g/mol. The molecule has 0 amide bonds. The lowest BCUT2D eigenvalue weighted by atomic mass is 10.2. The molecule has 2 rings (SSSR count). The zero-order valence-electron chi connectivity index (χ0n) is 12.6. The van der Waals surface area contributed by atoms with Gasteiger partial charge in [-0.1, -0.05) is 13.8 Å². The van der Waals surface area contributed by atoms with Gasteiger partial charge in [0.2, 0.25) is 0 Å². The molecule has 108 valence electrons. The molecule has 6 heteroatoms. The second kappa shape index (κ2) is 6.17. The summed E-state index contributed by atoms with van der Waals surface area (Å²) >= 11 is 1.70. The monoisotopic (exact) mass is 291 g/mol. The van der Waals surface area contributed by atoms with Gasteiger partial charge in [0.25, 0.3) is 0 Å². The van der Waals surface area contributed by atoms with E-state index in [0.717, 1.165) is 28.0 Å². The second-order valence-electron chi connectivity index (χ2n) is 5.03. The number of thiazole rings is 1. The molecule has 2 aromatic rings. The molecule has 0 fully saturated rings. The molecule has 2 heterocycles. The van der Waals surface area contributed by atoms with Gasteiger partial charge in [-0.25, -0.2) is 15.0 Å². The summed E-state index contributed by atoms with van der Waals surface area (Å²) in [5, 5.41) is 7.57. The zero-order chi connectivity index (χ0) is 14.7. The molecule has 2 N–H and O–H groups in total. The topological polar surface area (TPSA) is 62.7 Å². The van der Waals surface area contributed by atoms with Crippen LogP contribution in [-0.2, 0) is 6.54 Å². The number of hydrogen-bond donors (Lipinski definition) is 2. The maximum atomic E-state index is 4.62. The van der Waals surface area contributed by atoms with E-state index in [4.69, 9.17) is 0 Å². The summed E-state index contributed by atoms with van der Waals surface area (Å²) in [6, 6.07) is 0. The SMILES string of the molecule is CNc1nc(C(C)C)nc(NCc2ncc(C)s2)c1C. The largest absolute Gasteiger partial charge is 0.373 e. The molecule has 0 aliphatic rings. The highest BCUT2D eigenvalue weighted by molar-refractivity contribution is 7.11. The van der Waals surface area contributed by atoms with Crippen molar-refractivity contribution in [3.8, 4) is 0 Å². The Hall–Kier alpha value is -1.69. The minimum Gasteiger partial charge on any atom is -0.373 e. The molecular formula is C14H21N5S. The number of rotatable bonds is 5. The molecule has 0 atom stereocenters. The first-order valence-electron chi connectivity index (χ1n) is 6.72. The third kappa shape index (κ3) is 3.25. The summed E-state index contributed by atoms with van der Waals surface area (Å²) < 4.78 is 0. The van der Waals surface area contributed by atoms with Crippen LogP contribution in [0.25, 0.3) is 0 Å². The lowest BCUT2D eigenvalue weighted by Crippen LogP contribution is -2.10. The minimum absolute atomic E-state index is 0.297. The second-order valence-corrected chi connectivity index (χ2v) is 6.35. The van der Waals surface area contributed by atoms with Crippen molar-refractivity contribution in [1.82, 2.24) is 15.0 Å². The van der Waals surface area contributed by atoms with E-state index in [0.29, 0.717) is 12.5 Å². The number of hydrogen-bond acceptors (Lipinski definition) is 6. The van der Waals surface area contributed by atoms with Gasteiger partial charge < -0.3 is 10.6 Å². The Morgan fingerprint density at radius 2 is 1.90 bits per heavy atom. The summed E-state index contributed by atoms with van der Waals surface area (Å²) in [4.78, 5) is 14.7. The Balaban J connectivity index is 2.23. The minimum atomic E-state index is 0.297. The van der Waals surface area contributed by atoms with Gasteiger partial charge >= 0.3 is 0 Å². The van der Waals surface area contributed by atoms with Crippen molar-refractivity contribution < 1.29 is 0 Å². The van der Waals surface area contributed by atoms with Crippen LogP contribution in [-0.4, -0.2) is 22.0 Å². The number of nitrogens with zero attached hydrogens (tertiary/aromatic N) is 3. The smallest absolute Gasteiger partial charge is 0.135 e. The molecule has 0 aromatic carbocycles. The van der Waals surface area contributed by atoms with Crippen LogP contribution in [0.4, 0.5) is 11.6 Å². The summed E-state index contributed by atoms with van der Waals surface area (Å²) in [5.74, 6) is 2.89. The number of aryl methyl sites for hydroxylation is 1. The first-order valence-corrected chi connectivity index (χ1v) is 7.54. The first-order chi connectivity index (χ1) is 9.51. The number of anilines is 2. The van der Waals surface area contributed by atoms with E-state index in [1.807, 2.05) is 20.2 Å². The average Bonchev–Trinajstić information content (AvgIpc) is 2.83. The number of nitrogens with one attached hydrogen (secondary N) is 2. The lowest BCUT2D eigenvalue weighted by molar-refractivity contribution is 0.773. The molecule has 20 heavy (non-hydrogen) atoms. The molecule has 0 spiro atoms. The first kappa shape index (κ1) is 14.7. The number of aromatic nitrogens is 3. The molecule has 0 saturated heterocycles. The molecule has 0 saturated carbocycles. The Morgan fingerprint density at radius 3 is 2.45 bits per heavy atom. The van der Waals surface area contributed by atoms with Crippen LogP contribution in [0.2, 0.25) is 0 Å². The molecule has 0 bridgehead atoms. The van der Waals surface area contributed by atoms with E-state index >= 15 is 0 Å². The third-order valence-corrected chi connectivity index (χ3v) is 3.91. The Bertz CT molecular complexity index is 591. The molecule has 2 aromatic heterocycles. The molecule has 0 aliphatic carbocycles. The Kier molecular flexibility index (Phi) is 4.54. The maximum Gasteiger partial charge on any atom is 0.135 e. The van der Waals surface area contributed by atoms with Crippen molar-refractivity contribution in [1.29, 1.82) is 0 Å². The van der Waals surface area contributed by atoms with Gasteiger partial charge in [-0.15, -0.1) is 11.3 Å². The van der Waals surface area contributed by atoms with Crippen molar-refractivity contribution in [2.45, 2.75) is 40.2 Å². The molecule has 0 aliphatic heterocycles. The predicted molar refractivity (Wildman–Crippen MR) is 84.6 cm³/mol. The fourth-order valence-electron chi connectivity index (χ4n) is 1.85. The van der Waals surface area contributed by atoms with Gasteiger partial charge in [0, 0.05) is 29.6 Å². The highest BCUT2D eigenvalue weighted by Crippen LogP contribution is 2.23. The predicted octanol–water partition coefficient (Wildman–Crippen LogP) is 3.33. The van der Waals surface area contributed by atoms with Crippen molar-refractivity contribution in [2.24, 2.45) is 0 Å². The van der Waals surface area contributed by atoms with Crippen LogP contribution in [0, 0.1) is 13.8 Å². The van der Waals surface area contributed by atoms with E-state index in [2.05, 4.69) is 46.4 Å². The van der Waals surface area contributed by atoms with Gasteiger partial charge in [-0.2, -0.15) is 0 Å². The third-order valence-electron chi connectivity index (χ3n) is 2.99. The van der Waals surface area contributed by atoms with Gasteiger partial charge in [0.15, 0.2) is 0 Å². The van der Waals surface area contributed by atoms with Gasteiger partial charge in [-0.05, 0) is 13.8 Å². The molecular weight excluding hydrogens is 270 g/mol. The Morgan fingerprint density at radius 1 is 1.20 bits per heavy atom. The van der Waals surface area contributed by atoms with E-state index in [1.165, 1.54) is 4.88 Å². The van der Waals surface area contributed by atoms with Gasteiger partial charge in [0.1, 0.15) is 22.5 Å². The zero-order valence-corrected chi connectivity index (χ0v) is 13.4. The van der Waals surface area contributed by atoms with Crippen LogP contribution < -0.4 is 10.6 Å². The fraction of sp³-hybridized carbons (Fsp3) is 0.500. The van der Waals surface area contributed by atoms with Crippen molar-refractivity contribution >= 4 is 23.0 Å². The van der Waals surface area contributed by atoms with Crippen LogP contribution >= 0.6 is 11.3 Å². The van der Waals surface area contributed by atoms with Crippen LogP contribution in [0.1, 0.15) is 41.0 Å². The Labute approximate surface area is 123 Å². The summed E-state index contributed by atoms with van der Waals surface area (Å²) in [5.41, 5.74) is 1.03. The highest BCUT2D eigenvalue weighted by atomic mass is 32.1. The van der Waals surface area contributed by atoms with Gasteiger partial charge in [0.05, 0.1) is 6.54 Å². The van der Waals surface area contributed by atoms with Crippen LogP contribution in [0.3, 0.4) is 0 Å². The summed E-state index contributed by atoms with van der Waals surface area (Å²) in [6.45, 7) is 8.96. The maximum absolute atomic E-state index is 4.62. The molecule has 5 nitrogen and oxygen atoms in total. The normalized spacial score (nSPS) is 10.9. The quantitative estimate of drug-likeness (QED) is 0.884. The standard InChI is InChI=1S/C14H21N5S/c1-8(2)12-18-13(15-5)10(4)14(19-12)17-7-11-16-6-9(3)20-11/h6,8H,7H2,1-5H3,(H2,15,17,18,19). The fourth-order valence-corrected chi connectivity index (χ4v) is 2.58. The van der Waals surface area contributed by atoms with E-state index < -0.39 is 0 Å². The lowest BCUT2D eigenvalue weighted by Gasteiger charge is -2.14. The highest BCUT2D eigenvalue weighted by Gasteiger charge is 2.12. The van der Waals surface area contributed by atoms with Crippen molar-refractivity contribution in [3.05, 3.63) is 27.5 Å². The van der Waals surface area contributed by atoms with E-state index in [-0.39, 0.29) is 0 Å². The van der Waals surface area contributed by atoms with Crippen LogP contribution in [0.15, 0.2) is 6.20 Å². The van der Waals surface area contributed by atoms with Crippen LogP contribution in [0.5, 0.6) is 0 Å². The van der Waals surface area contributed by atoms with Gasteiger partial charge in [-0.3, -0.25) is 0 Å². The van der Waals surface area contributed by atoms with E-state index in [1.54, 1.807) is 11.3 Å². The molecule has 0 radical (unpaired) electrons. The van der Waals surface area contributed by atoms with Crippen molar-refractivity contribution in [3.63, 3.8) is 0 Å². The van der Waals surface area contributed by atoms with Crippen molar-refractivity contribution in [2.75, 3.05) is 17.7 Å². The summed E-state index contributed by atoms with van der Waals surface area (Å²) in [7, 11) is 1.88. The van der Waals surface area contributed by atoms with E-state index in [9.17, 15) is 0 Å². The molecule has 0 unspecified atom stereocenters.